The van der Waals surface area contributed by atoms with Crippen LogP contribution < -0.4 is 10.6 Å². The molecule has 0 aromatic carbocycles. The lowest BCUT2D eigenvalue weighted by molar-refractivity contribution is -0.119. The number of carbonyl (C=O) groups is 2. The van der Waals surface area contributed by atoms with Crippen molar-refractivity contribution in [2.75, 3.05) is 5.88 Å². The SMILES string of the molecule is O=C(CCCl)NC(=O)NCc1ccncn1. The third kappa shape index (κ3) is 4.70. The van der Waals surface area contributed by atoms with Gasteiger partial charge < -0.3 is 5.32 Å². The molecule has 0 aliphatic carbocycles. The molecule has 3 amide bonds. The fourth-order valence-corrected chi connectivity index (χ4v) is 1.08. The van der Waals surface area contributed by atoms with Crippen molar-refractivity contribution in [2.24, 2.45) is 0 Å². The molecule has 0 saturated heterocycles. The van der Waals surface area contributed by atoms with E-state index < -0.39 is 11.9 Å². The first-order valence-electron chi connectivity index (χ1n) is 4.61. The van der Waals surface area contributed by atoms with Crippen molar-refractivity contribution in [3.8, 4) is 0 Å². The van der Waals surface area contributed by atoms with E-state index in [9.17, 15) is 9.59 Å². The lowest BCUT2D eigenvalue weighted by Crippen LogP contribution is -2.39. The zero-order valence-corrected chi connectivity index (χ0v) is 9.20. The summed E-state index contributed by atoms with van der Waals surface area (Å²) in [6.07, 6.45) is 3.07. The predicted molar refractivity (Wildman–Crippen MR) is 57.7 cm³/mol. The molecular weight excluding hydrogens is 232 g/mol. The molecule has 1 heterocycles. The van der Waals surface area contributed by atoms with Crippen LogP contribution in [0.4, 0.5) is 4.79 Å². The Hall–Kier alpha value is -1.69. The second-order valence-corrected chi connectivity index (χ2v) is 3.25. The Kier molecular flexibility index (Phi) is 5.21. The van der Waals surface area contributed by atoms with Crippen LogP contribution >= 0.6 is 11.6 Å². The molecule has 0 unspecified atom stereocenters. The van der Waals surface area contributed by atoms with E-state index in [2.05, 4.69) is 20.6 Å². The second-order valence-electron chi connectivity index (χ2n) is 2.87. The van der Waals surface area contributed by atoms with Crippen LogP contribution in [-0.4, -0.2) is 27.8 Å². The van der Waals surface area contributed by atoms with Gasteiger partial charge in [0, 0.05) is 18.5 Å². The Morgan fingerprint density at radius 1 is 1.44 bits per heavy atom. The van der Waals surface area contributed by atoms with Gasteiger partial charge in [0.05, 0.1) is 12.2 Å². The van der Waals surface area contributed by atoms with Crippen LogP contribution in [-0.2, 0) is 11.3 Å². The van der Waals surface area contributed by atoms with E-state index in [1.54, 1.807) is 12.3 Å². The number of nitrogens with zero attached hydrogens (tertiary/aromatic N) is 2. The summed E-state index contributed by atoms with van der Waals surface area (Å²) in [5, 5.41) is 4.62. The first-order chi connectivity index (χ1) is 7.72. The average molecular weight is 243 g/mol. The van der Waals surface area contributed by atoms with Gasteiger partial charge in [0.15, 0.2) is 0 Å². The van der Waals surface area contributed by atoms with E-state index >= 15 is 0 Å². The van der Waals surface area contributed by atoms with E-state index in [0.717, 1.165) is 0 Å². The third-order valence-corrected chi connectivity index (χ3v) is 1.84. The highest BCUT2D eigenvalue weighted by Crippen LogP contribution is 1.89. The van der Waals surface area contributed by atoms with Crippen LogP contribution in [0.2, 0.25) is 0 Å². The molecule has 86 valence electrons. The number of halogens is 1. The van der Waals surface area contributed by atoms with E-state index in [4.69, 9.17) is 11.6 Å². The zero-order chi connectivity index (χ0) is 11.8. The molecule has 0 bridgehead atoms. The minimum atomic E-state index is -0.561. The molecule has 1 aromatic heterocycles. The number of amides is 3. The van der Waals surface area contributed by atoms with Crippen LogP contribution in [0.3, 0.4) is 0 Å². The predicted octanol–water partition coefficient (Wildman–Crippen LogP) is 0.431. The Morgan fingerprint density at radius 3 is 2.88 bits per heavy atom. The number of aromatic nitrogens is 2. The number of urea groups is 1. The maximum atomic E-state index is 11.2. The summed E-state index contributed by atoms with van der Waals surface area (Å²) in [5.74, 6) is -0.222. The highest BCUT2D eigenvalue weighted by Gasteiger charge is 2.06. The van der Waals surface area contributed by atoms with Gasteiger partial charge in [0.1, 0.15) is 6.33 Å². The zero-order valence-electron chi connectivity index (χ0n) is 8.44. The molecule has 0 spiro atoms. The molecule has 0 radical (unpaired) electrons. The molecule has 0 aliphatic heterocycles. The van der Waals surface area contributed by atoms with Gasteiger partial charge in [0.25, 0.3) is 0 Å². The number of nitrogens with one attached hydrogen (secondary N) is 2. The van der Waals surface area contributed by atoms with Crippen molar-refractivity contribution >= 4 is 23.5 Å². The first-order valence-corrected chi connectivity index (χ1v) is 5.14. The summed E-state index contributed by atoms with van der Waals surface area (Å²) in [5.41, 5.74) is 0.662. The Bertz CT molecular complexity index is 358. The van der Waals surface area contributed by atoms with Crippen molar-refractivity contribution in [3.05, 3.63) is 24.3 Å². The normalized spacial score (nSPS) is 9.56. The van der Waals surface area contributed by atoms with Crippen LogP contribution in [0.1, 0.15) is 12.1 Å². The maximum absolute atomic E-state index is 11.2. The summed E-state index contributed by atoms with van der Waals surface area (Å²) < 4.78 is 0. The lowest BCUT2D eigenvalue weighted by atomic mass is 10.4. The van der Waals surface area contributed by atoms with E-state index in [-0.39, 0.29) is 18.8 Å². The second kappa shape index (κ2) is 6.73. The molecule has 1 rings (SSSR count). The van der Waals surface area contributed by atoms with E-state index in [1.807, 2.05) is 0 Å². The molecule has 0 aliphatic rings. The van der Waals surface area contributed by atoms with Crippen molar-refractivity contribution in [3.63, 3.8) is 0 Å². The summed E-state index contributed by atoms with van der Waals surface area (Å²) in [7, 11) is 0. The average Bonchev–Trinajstić information content (AvgIpc) is 2.28. The summed E-state index contributed by atoms with van der Waals surface area (Å²) in [6.45, 7) is 0.239. The van der Waals surface area contributed by atoms with Crippen molar-refractivity contribution < 1.29 is 9.59 Å². The lowest BCUT2D eigenvalue weighted by Gasteiger charge is -2.05. The molecule has 7 heteroatoms. The molecular formula is C9H11ClN4O2. The number of carbonyl (C=O) groups excluding carboxylic acids is 2. The van der Waals surface area contributed by atoms with Gasteiger partial charge >= 0.3 is 6.03 Å². The highest BCUT2D eigenvalue weighted by atomic mass is 35.5. The summed E-state index contributed by atoms with van der Waals surface area (Å²) >= 11 is 5.34. The fourth-order valence-electron chi connectivity index (χ4n) is 0.913. The number of hydrogen-bond acceptors (Lipinski definition) is 4. The Balaban J connectivity index is 2.28. The largest absolute Gasteiger partial charge is 0.332 e. The third-order valence-electron chi connectivity index (χ3n) is 1.65. The number of alkyl halides is 1. The Labute approximate surface area is 97.4 Å². The van der Waals surface area contributed by atoms with Crippen molar-refractivity contribution in [2.45, 2.75) is 13.0 Å². The topological polar surface area (TPSA) is 84.0 Å². The minimum Gasteiger partial charge on any atom is -0.332 e. The number of hydrogen-bond donors (Lipinski definition) is 2. The molecule has 0 saturated carbocycles. The quantitative estimate of drug-likeness (QED) is 0.750. The monoisotopic (exact) mass is 242 g/mol. The number of rotatable bonds is 4. The van der Waals surface area contributed by atoms with E-state index in [0.29, 0.717) is 5.69 Å². The van der Waals surface area contributed by atoms with Gasteiger partial charge in [-0.2, -0.15) is 0 Å². The molecule has 16 heavy (non-hydrogen) atoms. The minimum absolute atomic E-state index is 0.114. The van der Waals surface area contributed by atoms with Crippen LogP contribution in [0.15, 0.2) is 18.6 Å². The fraction of sp³-hybridized carbons (Fsp3) is 0.333. The van der Waals surface area contributed by atoms with Gasteiger partial charge in [-0.25, -0.2) is 14.8 Å². The van der Waals surface area contributed by atoms with Gasteiger partial charge in [-0.05, 0) is 6.07 Å². The smallest absolute Gasteiger partial charge is 0.321 e. The van der Waals surface area contributed by atoms with Gasteiger partial charge in [-0.1, -0.05) is 0 Å². The summed E-state index contributed by atoms with van der Waals surface area (Å²) in [4.78, 5) is 29.8. The standard InChI is InChI=1S/C9H11ClN4O2/c10-3-1-8(15)14-9(16)12-5-7-2-4-11-6-13-7/h2,4,6H,1,3,5H2,(H2,12,14,15,16). The molecule has 2 N–H and O–H groups in total. The highest BCUT2D eigenvalue weighted by molar-refractivity contribution is 6.19. The number of imide groups is 1. The maximum Gasteiger partial charge on any atom is 0.321 e. The van der Waals surface area contributed by atoms with Gasteiger partial charge in [-0.15, -0.1) is 11.6 Å². The van der Waals surface area contributed by atoms with Gasteiger partial charge in [0.2, 0.25) is 5.91 Å². The van der Waals surface area contributed by atoms with Crippen molar-refractivity contribution in [1.82, 2.24) is 20.6 Å². The molecule has 6 nitrogen and oxygen atoms in total. The first kappa shape index (κ1) is 12.4. The van der Waals surface area contributed by atoms with Crippen LogP contribution in [0.25, 0.3) is 0 Å². The summed E-state index contributed by atoms with van der Waals surface area (Å²) in [6, 6.07) is 1.11. The molecule has 0 fully saturated rings. The van der Waals surface area contributed by atoms with Crippen LogP contribution in [0.5, 0.6) is 0 Å². The van der Waals surface area contributed by atoms with Crippen LogP contribution in [0, 0.1) is 0 Å². The van der Waals surface area contributed by atoms with Crippen molar-refractivity contribution in [1.29, 1.82) is 0 Å². The van der Waals surface area contributed by atoms with E-state index in [1.165, 1.54) is 6.33 Å². The molecule has 0 atom stereocenters. The Morgan fingerprint density at radius 2 is 2.25 bits per heavy atom. The molecule has 1 aromatic rings. The van der Waals surface area contributed by atoms with Gasteiger partial charge in [-0.3, -0.25) is 10.1 Å².